The van der Waals surface area contributed by atoms with Crippen molar-refractivity contribution in [3.63, 3.8) is 0 Å². The third-order valence-electron chi connectivity index (χ3n) is 1.94. The van der Waals surface area contributed by atoms with Crippen molar-refractivity contribution >= 4 is 21.7 Å². The van der Waals surface area contributed by atoms with Crippen LogP contribution >= 0.6 is 15.9 Å². The Morgan fingerprint density at radius 3 is 2.80 bits per heavy atom. The van der Waals surface area contributed by atoms with Crippen molar-refractivity contribution in [3.05, 3.63) is 34.1 Å². The summed E-state index contributed by atoms with van der Waals surface area (Å²) in [5.74, 6) is -0.466. The van der Waals surface area contributed by atoms with Gasteiger partial charge in [-0.1, -0.05) is 15.9 Å². The molecule has 0 radical (unpaired) electrons. The van der Waals surface area contributed by atoms with Crippen LogP contribution in [0.1, 0.15) is 23.2 Å². The van der Waals surface area contributed by atoms with Gasteiger partial charge in [0, 0.05) is 30.2 Å². The summed E-state index contributed by atoms with van der Waals surface area (Å²) in [6, 6.07) is 4.20. The van der Waals surface area contributed by atoms with Crippen molar-refractivity contribution in [1.82, 2.24) is 0 Å². The van der Waals surface area contributed by atoms with Gasteiger partial charge >= 0.3 is 0 Å². The zero-order valence-electron chi connectivity index (χ0n) is 8.43. The maximum absolute atomic E-state index is 13.0. The van der Waals surface area contributed by atoms with E-state index >= 15 is 0 Å². The predicted molar refractivity (Wildman–Crippen MR) is 59.5 cm³/mol. The summed E-state index contributed by atoms with van der Waals surface area (Å²) in [5.41, 5.74) is 0.401. The number of methoxy groups -OCH3 is 1. The van der Waals surface area contributed by atoms with Gasteiger partial charge in [-0.05, 0) is 24.6 Å². The Kier molecular flexibility index (Phi) is 4.91. The first-order valence-corrected chi connectivity index (χ1v) is 5.41. The highest BCUT2D eigenvalue weighted by atomic mass is 79.9. The molecule has 4 heteroatoms. The van der Waals surface area contributed by atoms with Crippen LogP contribution in [-0.4, -0.2) is 19.5 Å². The number of hydrogen-bond acceptors (Lipinski definition) is 2. The van der Waals surface area contributed by atoms with Gasteiger partial charge in [-0.2, -0.15) is 0 Å². The maximum atomic E-state index is 13.0. The van der Waals surface area contributed by atoms with Crippen molar-refractivity contribution < 1.29 is 13.9 Å². The van der Waals surface area contributed by atoms with Gasteiger partial charge in [0.2, 0.25) is 0 Å². The number of Topliss-reactive ketones (excluding diaryl/α,β-unsaturated/α-hetero) is 1. The van der Waals surface area contributed by atoms with Gasteiger partial charge in [-0.15, -0.1) is 0 Å². The SMILES string of the molecule is COCCCC(=O)c1cc(F)cc(Br)c1. The molecule has 0 saturated heterocycles. The van der Waals surface area contributed by atoms with Gasteiger partial charge < -0.3 is 4.74 Å². The lowest BCUT2D eigenvalue weighted by Crippen LogP contribution is -2.01. The first-order valence-electron chi connectivity index (χ1n) is 4.61. The fourth-order valence-electron chi connectivity index (χ4n) is 1.24. The standard InChI is InChI=1S/C11H12BrFO2/c1-15-4-2-3-11(14)8-5-9(12)7-10(13)6-8/h5-7H,2-4H2,1H3. The molecule has 1 aromatic rings. The maximum Gasteiger partial charge on any atom is 0.163 e. The van der Waals surface area contributed by atoms with Gasteiger partial charge in [-0.25, -0.2) is 4.39 Å². The van der Waals surface area contributed by atoms with Gasteiger partial charge in [-0.3, -0.25) is 4.79 Å². The third kappa shape index (κ3) is 4.10. The van der Waals surface area contributed by atoms with Crippen LogP contribution in [0.5, 0.6) is 0 Å². The van der Waals surface area contributed by atoms with Crippen LogP contribution in [0.2, 0.25) is 0 Å². The summed E-state index contributed by atoms with van der Waals surface area (Å²) >= 11 is 3.15. The molecule has 0 aliphatic heterocycles. The normalized spacial score (nSPS) is 10.3. The molecule has 0 heterocycles. The Morgan fingerprint density at radius 1 is 1.47 bits per heavy atom. The van der Waals surface area contributed by atoms with Crippen LogP contribution in [0.15, 0.2) is 22.7 Å². The molecule has 15 heavy (non-hydrogen) atoms. The lowest BCUT2D eigenvalue weighted by atomic mass is 10.1. The second-order valence-corrected chi connectivity index (χ2v) is 4.09. The molecule has 82 valence electrons. The lowest BCUT2D eigenvalue weighted by molar-refractivity contribution is 0.0963. The van der Waals surface area contributed by atoms with E-state index in [0.29, 0.717) is 29.5 Å². The average molecular weight is 275 g/mol. The second-order valence-electron chi connectivity index (χ2n) is 3.18. The molecule has 0 spiro atoms. The largest absolute Gasteiger partial charge is 0.385 e. The van der Waals surface area contributed by atoms with E-state index in [9.17, 15) is 9.18 Å². The monoisotopic (exact) mass is 274 g/mol. The molecular formula is C11H12BrFO2. The highest BCUT2D eigenvalue weighted by molar-refractivity contribution is 9.10. The van der Waals surface area contributed by atoms with Crippen molar-refractivity contribution in [2.24, 2.45) is 0 Å². The van der Waals surface area contributed by atoms with E-state index < -0.39 is 5.82 Å². The van der Waals surface area contributed by atoms with E-state index in [2.05, 4.69) is 15.9 Å². The minimum Gasteiger partial charge on any atom is -0.385 e. The van der Waals surface area contributed by atoms with Gasteiger partial charge in [0.1, 0.15) is 5.82 Å². The number of hydrogen-bond donors (Lipinski definition) is 0. The van der Waals surface area contributed by atoms with Crippen molar-refractivity contribution in [2.75, 3.05) is 13.7 Å². The van der Waals surface area contributed by atoms with Crippen molar-refractivity contribution in [1.29, 1.82) is 0 Å². The second kappa shape index (κ2) is 5.98. The molecule has 0 bridgehead atoms. The van der Waals surface area contributed by atoms with Gasteiger partial charge in [0.15, 0.2) is 5.78 Å². The average Bonchev–Trinajstić information content (AvgIpc) is 2.16. The minimum absolute atomic E-state index is 0.0627. The zero-order chi connectivity index (χ0) is 11.3. The molecule has 0 aromatic heterocycles. The number of carbonyl (C=O) groups excluding carboxylic acids is 1. The van der Waals surface area contributed by atoms with E-state index in [1.807, 2.05) is 0 Å². The molecule has 2 nitrogen and oxygen atoms in total. The quantitative estimate of drug-likeness (QED) is 0.609. The first kappa shape index (κ1) is 12.3. The summed E-state index contributed by atoms with van der Waals surface area (Å²) in [4.78, 5) is 11.6. The molecule has 0 unspecified atom stereocenters. The van der Waals surface area contributed by atoms with E-state index in [1.165, 1.54) is 12.1 Å². The van der Waals surface area contributed by atoms with E-state index in [-0.39, 0.29) is 5.78 Å². The number of carbonyl (C=O) groups is 1. The van der Waals surface area contributed by atoms with E-state index in [4.69, 9.17) is 4.74 Å². The highest BCUT2D eigenvalue weighted by Crippen LogP contribution is 2.16. The fraction of sp³-hybridized carbons (Fsp3) is 0.364. The van der Waals surface area contributed by atoms with E-state index in [1.54, 1.807) is 13.2 Å². The summed E-state index contributed by atoms with van der Waals surface area (Å²) < 4.78 is 18.4. The Bertz CT molecular complexity index is 332. The summed E-state index contributed by atoms with van der Waals surface area (Å²) in [6.45, 7) is 0.544. The van der Waals surface area contributed by atoms with Crippen LogP contribution in [0.4, 0.5) is 4.39 Å². The van der Waals surface area contributed by atoms with Gasteiger partial charge in [0.05, 0.1) is 0 Å². The molecule has 0 aliphatic carbocycles. The van der Waals surface area contributed by atoms with Crippen molar-refractivity contribution in [2.45, 2.75) is 12.8 Å². The zero-order valence-corrected chi connectivity index (χ0v) is 10.0. The summed E-state index contributed by atoms with van der Waals surface area (Å²) in [6.07, 6.45) is 1.03. The number of benzene rings is 1. The molecule has 0 N–H and O–H groups in total. The van der Waals surface area contributed by atoms with E-state index in [0.717, 1.165) is 0 Å². The Hall–Kier alpha value is -0.740. The molecule has 0 atom stereocenters. The Labute approximate surface area is 96.6 Å². The summed E-state index contributed by atoms with van der Waals surface area (Å²) in [7, 11) is 1.59. The highest BCUT2D eigenvalue weighted by Gasteiger charge is 2.07. The molecule has 1 rings (SSSR count). The minimum atomic E-state index is -0.403. The summed E-state index contributed by atoms with van der Waals surface area (Å²) in [5, 5.41) is 0. The van der Waals surface area contributed by atoms with Crippen LogP contribution < -0.4 is 0 Å². The molecular weight excluding hydrogens is 263 g/mol. The number of ether oxygens (including phenoxy) is 1. The lowest BCUT2D eigenvalue weighted by Gasteiger charge is -2.02. The van der Waals surface area contributed by atoms with Crippen LogP contribution in [0.3, 0.4) is 0 Å². The first-order chi connectivity index (χ1) is 7.13. The molecule has 0 amide bonds. The smallest absolute Gasteiger partial charge is 0.163 e. The van der Waals surface area contributed by atoms with Crippen LogP contribution in [0, 0.1) is 5.82 Å². The molecule has 0 saturated carbocycles. The third-order valence-corrected chi connectivity index (χ3v) is 2.39. The molecule has 1 aromatic carbocycles. The number of rotatable bonds is 5. The van der Waals surface area contributed by atoms with Crippen LogP contribution in [0.25, 0.3) is 0 Å². The van der Waals surface area contributed by atoms with Crippen LogP contribution in [-0.2, 0) is 4.74 Å². The molecule has 0 fully saturated rings. The topological polar surface area (TPSA) is 26.3 Å². The fourth-order valence-corrected chi connectivity index (χ4v) is 1.70. The number of halogens is 2. The Balaban J connectivity index is 2.65. The Morgan fingerprint density at radius 2 is 2.20 bits per heavy atom. The number of ketones is 1. The van der Waals surface area contributed by atoms with Gasteiger partial charge in [0.25, 0.3) is 0 Å². The molecule has 0 aliphatic rings. The predicted octanol–water partition coefficient (Wildman–Crippen LogP) is 3.20. The van der Waals surface area contributed by atoms with Crippen molar-refractivity contribution in [3.8, 4) is 0 Å².